The minimum atomic E-state index is -0.722. The highest BCUT2D eigenvalue weighted by Crippen LogP contribution is 2.22. The number of aliphatic carboxylic acids is 1. The van der Waals surface area contributed by atoms with Gasteiger partial charge in [0.15, 0.2) is 0 Å². The lowest BCUT2D eigenvalue weighted by Gasteiger charge is -2.34. The molecule has 1 aliphatic rings. The molecule has 98 valence electrons. The predicted molar refractivity (Wildman–Crippen MR) is 69.3 cm³/mol. The van der Waals surface area contributed by atoms with E-state index in [0.717, 1.165) is 32.4 Å². The van der Waals surface area contributed by atoms with Gasteiger partial charge in [-0.2, -0.15) is 0 Å². The third kappa shape index (κ3) is 3.29. The van der Waals surface area contributed by atoms with Gasteiger partial charge in [0.2, 0.25) is 0 Å². The van der Waals surface area contributed by atoms with E-state index in [0.29, 0.717) is 5.92 Å². The molecule has 0 saturated carbocycles. The minimum absolute atomic E-state index is 0.357. The lowest BCUT2D eigenvalue weighted by molar-refractivity contribution is -0.143. The summed E-state index contributed by atoms with van der Waals surface area (Å²) in [5.41, 5.74) is 1.28. The third-order valence-corrected chi connectivity index (χ3v) is 3.80. The van der Waals surface area contributed by atoms with Gasteiger partial charge in [-0.25, -0.2) is 0 Å². The Morgan fingerprint density at radius 2 is 2.28 bits per heavy atom. The van der Waals surface area contributed by atoms with Gasteiger partial charge in [-0.05, 0) is 56.8 Å². The lowest BCUT2D eigenvalue weighted by atomic mass is 9.90. The Morgan fingerprint density at radius 3 is 2.83 bits per heavy atom. The summed E-state index contributed by atoms with van der Waals surface area (Å²) in [6.45, 7) is 3.54. The number of piperidine rings is 1. The third-order valence-electron chi connectivity index (χ3n) is 3.80. The number of carboxylic acid groups (broad SMARTS) is 1. The highest BCUT2D eigenvalue weighted by molar-refractivity contribution is 5.72. The number of rotatable bonds is 4. The summed E-state index contributed by atoms with van der Waals surface area (Å²) in [5.74, 6) is -0.0628. The first-order valence-electron chi connectivity index (χ1n) is 6.52. The van der Waals surface area contributed by atoms with E-state index in [1.165, 1.54) is 5.56 Å². The maximum Gasteiger partial charge on any atom is 0.320 e. The molecule has 0 amide bonds. The second-order valence-electron chi connectivity index (χ2n) is 5.06. The molecule has 18 heavy (non-hydrogen) atoms. The molecule has 0 radical (unpaired) electrons. The van der Waals surface area contributed by atoms with E-state index >= 15 is 0 Å². The van der Waals surface area contributed by atoms with Gasteiger partial charge < -0.3 is 5.11 Å². The summed E-state index contributed by atoms with van der Waals surface area (Å²) >= 11 is 0. The Balaban J connectivity index is 1.82. The molecule has 2 heterocycles. The number of carbonyl (C=O) groups is 1. The Labute approximate surface area is 108 Å². The molecule has 1 aromatic heterocycles. The van der Waals surface area contributed by atoms with E-state index in [1.807, 2.05) is 12.3 Å². The van der Waals surface area contributed by atoms with Crippen LogP contribution in [-0.4, -0.2) is 40.1 Å². The van der Waals surface area contributed by atoms with Crippen LogP contribution in [0.5, 0.6) is 0 Å². The quantitative estimate of drug-likeness (QED) is 0.883. The fourth-order valence-electron chi connectivity index (χ4n) is 2.55. The first-order valence-corrected chi connectivity index (χ1v) is 6.52. The van der Waals surface area contributed by atoms with Gasteiger partial charge in [0.25, 0.3) is 0 Å². The normalized spacial score (nSPS) is 19.6. The van der Waals surface area contributed by atoms with Crippen molar-refractivity contribution in [2.75, 3.05) is 13.1 Å². The predicted octanol–water partition coefficient (Wildman–Crippen LogP) is 1.81. The van der Waals surface area contributed by atoms with Gasteiger partial charge in [-0.15, -0.1) is 0 Å². The summed E-state index contributed by atoms with van der Waals surface area (Å²) in [6, 6.07) is 3.72. The zero-order valence-corrected chi connectivity index (χ0v) is 10.7. The second-order valence-corrected chi connectivity index (χ2v) is 5.06. The molecule has 0 aromatic carbocycles. The van der Waals surface area contributed by atoms with Gasteiger partial charge in [0.05, 0.1) is 0 Å². The molecular formula is C14H20N2O2. The molecule has 4 nitrogen and oxygen atoms in total. The van der Waals surface area contributed by atoms with Crippen LogP contribution < -0.4 is 0 Å². The Kier molecular flexibility index (Phi) is 4.31. The van der Waals surface area contributed by atoms with E-state index in [9.17, 15) is 4.79 Å². The van der Waals surface area contributed by atoms with Crippen LogP contribution >= 0.6 is 0 Å². The van der Waals surface area contributed by atoms with Crippen LogP contribution in [0.1, 0.15) is 25.3 Å². The van der Waals surface area contributed by atoms with E-state index in [2.05, 4.69) is 16.0 Å². The van der Waals surface area contributed by atoms with Gasteiger partial charge in [-0.1, -0.05) is 6.07 Å². The van der Waals surface area contributed by atoms with Crippen molar-refractivity contribution in [1.82, 2.24) is 9.88 Å². The lowest BCUT2D eigenvalue weighted by Crippen LogP contribution is -2.44. The molecule has 1 N–H and O–H groups in total. The average molecular weight is 248 g/mol. The Bertz CT molecular complexity index is 386. The molecule has 1 atom stereocenters. The largest absolute Gasteiger partial charge is 0.480 e. The molecule has 1 aliphatic heterocycles. The molecule has 0 aliphatic carbocycles. The first kappa shape index (κ1) is 13.0. The van der Waals surface area contributed by atoms with E-state index in [-0.39, 0.29) is 6.04 Å². The average Bonchev–Trinajstić information content (AvgIpc) is 2.40. The van der Waals surface area contributed by atoms with Crippen molar-refractivity contribution in [2.45, 2.75) is 32.2 Å². The van der Waals surface area contributed by atoms with Gasteiger partial charge in [0, 0.05) is 12.4 Å². The minimum Gasteiger partial charge on any atom is -0.480 e. The Morgan fingerprint density at radius 1 is 1.56 bits per heavy atom. The molecule has 0 bridgehead atoms. The number of likely N-dealkylation sites (tertiary alicyclic amines) is 1. The van der Waals surface area contributed by atoms with Crippen LogP contribution in [0, 0.1) is 5.92 Å². The van der Waals surface area contributed by atoms with Crippen molar-refractivity contribution in [3.8, 4) is 0 Å². The Hall–Kier alpha value is -1.42. The standard InChI is InChI=1S/C14H20N2O2/c1-11(14(17)18)16-7-4-12(5-8-16)9-13-3-2-6-15-10-13/h2-3,6,10-12H,4-5,7-9H2,1H3,(H,17,18). The number of nitrogens with zero attached hydrogens (tertiary/aromatic N) is 2. The first-order chi connectivity index (χ1) is 8.66. The van der Waals surface area contributed by atoms with Crippen LogP contribution in [0.4, 0.5) is 0 Å². The SMILES string of the molecule is CC(C(=O)O)N1CCC(Cc2cccnc2)CC1. The number of pyridine rings is 1. The van der Waals surface area contributed by atoms with Crippen molar-refractivity contribution in [3.63, 3.8) is 0 Å². The molecular weight excluding hydrogens is 228 g/mol. The van der Waals surface area contributed by atoms with Crippen LogP contribution in [0.2, 0.25) is 0 Å². The summed E-state index contributed by atoms with van der Waals surface area (Å²) < 4.78 is 0. The van der Waals surface area contributed by atoms with Crippen LogP contribution in [0.25, 0.3) is 0 Å². The molecule has 1 saturated heterocycles. The summed E-state index contributed by atoms with van der Waals surface area (Å²) in [6.07, 6.45) is 6.93. The molecule has 0 spiro atoms. The molecule has 2 rings (SSSR count). The van der Waals surface area contributed by atoms with Crippen molar-refractivity contribution < 1.29 is 9.90 Å². The molecule has 1 aromatic rings. The highest BCUT2D eigenvalue weighted by Gasteiger charge is 2.26. The zero-order valence-electron chi connectivity index (χ0n) is 10.7. The smallest absolute Gasteiger partial charge is 0.320 e. The van der Waals surface area contributed by atoms with Crippen LogP contribution in [-0.2, 0) is 11.2 Å². The van der Waals surface area contributed by atoms with Crippen molar-refractivity contribution in [2.24, 2.45) is 5.92 Å². The van der Waals surface area contributed by atoms with Gasteiger partial charge >= 0.3 is 5.97 Å². The maximum atomic E-state index is 10.9. The highest BCUT2D eigenvalue weighted by atomic mass is 16.4. The fraction of sp³-hybridized carbons (Fsp3) is 0.571. The van der Waals surface area contributed by atoms with Gasteiger partial charge in [-0.3, -0.25) is 14.7 Å². The fourth-order valence-corrected chi connectivity index (χ4v) is 2.55. The van der Waals surface area contributed by atoms with Crippen molar-refractivity contribution >= 4 is 5.97 Å². The number of aromatic nitrogens is 1. The van der Waals surface area contributed by atoms with E-state index < -0.39 is 5.97 Å². The monoisotopic (exact) mass is 248 g/mol. The molecule has 1 fully saturated rings. The van der Waals surface area contributed by atoms with Crippen molar-refractivity contribution in [3.05, 3.63) is 30.1 Å². The van der Waals surface area contributed by atoms with Crippen LogP contribution in [0.3, 0.4) is 0 Å². The zero-order chi connectivity index (χ0) is 13.0. The maximum absolute atomic E-state index is 10.9. The number of hydrogen-bond donors (Lipinski definition) is 1. The van der Waals surface area contributed by atoms with Gasteiger partial charge in [0.1, 0.15) is 6.04 Å². The van der Waals surface area contributed by atoms with Crippen molar-refractivity contribution in [1.29, 1.82) is 0 Å². The number of carboxylic acids is 1. The van der Waals surface area contributed by atoms with E-state index in [4.69, 9.17) is 5.11 Å². The van der Waals surface area contributed by atoms with Crippen LogP contribution in [0.15, 0.2) is 24.5 Å². The molecule has 1 unspecified atom stereocenters. The molecule has 4 heteroatoms. The summed E-state index contributed by atoms with van der Waals surface area (Å²) in [5, 5.41) is 8.99. The summed E-state index contributed by atoms with van der Waals surface area (Å²) in [4.78, 5) is 17.1. The topological polar surface area (TPSA) is 53.4 Å². The summed E-state index contributed by atoms with van der Waals surface area (Å²) in [7, 11) is 0. The second kappa shape index (κ2) is 5.96. The number of hydrogen-bond acceptors (Lipinski definition) is 3. The van der Waals surface area contributed by atoms with E-state index in [1.54, 1.807) is 13.1 Å².